The van der Waals surface area contributed by atoms with Crippen molar-refractivity contribution in [2.24, 2.45) is 0 Å². The molecule has 0 aromatic carbocycles. The maximum absolute atomic E-state index is 12.9. The van der Waals surface area contributed by atoms with E-state index in [4.69, 9.17) is 9.05 Å². The molecule has 1 rings (SSSR count). The number of aliphatic hydroxyl groups excluding tert-OH is 7. The lowest BCUT2D eigenvalue weighted by Gasteiger charge is -2.41. The van der Waals surface area contributed by atoms with Crippen LogP contribution >= 0.6 is 7.82 Å². The predicted octanol–water partition coefficient (Wildman–Crippen LogP) is 6.58. The molecule has 1 aliphatic rings. The van der Waals surface area contributed by atoms with Crippen LogP contribution in [0.5, 0.6) is 0 Å². The number of carbonyl (C=O) groups excluding carboxylic acids is 1. The first kappa shape index (κ1) is 53.5. The summed E-state index contributed by atoms with van der Waals surface area (Å²) in [6.07, 6.45) is 22.6. The second-order valence-electron chi connectivity index (χ2n) is 15.7. The van der Waals surface area contributed by atoms with Crippen LogP contribution < -0.4 is 5.32 Å². The van der Waals surface area contributed by atoms with E-state index in [0.717, 1.165) is 51.4 Å². The third kappa shape index (κ3) is 25.7. The Balaban J connectivity index is 2.56. The lowest BCUT2D eigenvalue weighted by molar-refractivity contribution is -0.220. The molecule has 57 heavy (non-hydrogen) atoms. The molecule has 0 aromatic rings. The largest absolute Gasteiger partial charge is 0.472 e. The van der Waals surface area contributed by atoms with Crippen LogP contribution in [0.3, 0.4) is 0 Å². The summed E-state index contributed by atoms with van der Waals surface area (Å²) in [4.78, 5) is 23.3. The van der Waals surface area contributed by atoms with E-state index in [1.165, 1.54) is 83.1 Å². The summed E-state index contributed by atoms with van der Waals surface area (Å²) in [5.41, 5.74) is 0. The standard InChI is InChI=1S/C43H80NO12P/c1-3-5-7-9-11-13-15-16-17-18-19-21-22-24-26-28-30-34(45)32-37(47)44-35(36(46)31-29-27-25-23-20-14-12-10-8-6-4-2)33-55-57(53,54)56-43-41(51)39(49)38(48)40(50)42(43)52/h8,10,20,23,29,31,34-36,38-43,45-46,48-52H,3-7,9,11-19,21-22,24-28,30,32-33H2,1-2H3,(H,44,47)(H,53,54)/b10-8+,23-20+,31-29+. The van der Waals surface area contributed by atoms with Gasteiger partial charge < -0.3 is 46.0 Å². The molecule has 0 aromatic heterocycles. The third-order valence-electron chi connectivity index (χ3n) is 10.4. The van der Waals surface area contributed by atoms with Crippen LogP contribution in [0.4, 0.5) is 0 Å². The number of hydrogen-bond acceptors (Lipinski definition) is 11. The van der Waals surface area contributed by atoms with Crippen LogP contribution in [0.15, 0.2) is 36.5 Å². The van der Waals surface area contributed by atoms with Gasteiger partial charge in [-0.25, -0.2) is 4.57 Å². The summed E-state index contributed by atoms with van der Waals surface area (Å²) < 4.78 is 22.8. The van der Waals surface area contributed by atoms with Crippen LogP contribution in [-0.4, -0.2) is 108 Å². The number of phosphoric ester groups is 1. The van der Waals surface area contributed by atoms with Crippen molar-refractivity contribution in [1.82, 2.24) is 5.32 Å². The van der Waals surface area contributed by atoms with Gasteiger partial charge >= 0.3 is 7.82 Å². The van der Waals surface area contributed by atoms with Crippen LogP contribution in [0, 0.1) is 0 Å². The van der Waals surface area contributed by atoms with Gasteiger partial charge in [0.05, 0.1) is 31.3 Å². The molecule has 14 heteroatoms. The maximum atomic E-state index is 12.9. The molecule has 9 N–H and O–H groups in total. The van der Waals surface area contributed by atoms with Gasteiger partial charge in [-0.2, -0.15) is 0 Å². The highest BCUT2D eigenvalue weighted by Gasteiger charge is 2.51. The molecule has 0 radical (unpaired) electrons. The summed E-state index contributed by atoms with van der Waals surface area (Å²) in [6, 6.07) is -1.26. The highest BCUT2D eigenvalue weighted by molar-refractivity contribution is 7.47. The Morgan fingerprint density at radius 1 is 0.614 bits per heavy atom. The summed E-state index contributed by atoms with van der Waals surface area (Å²) in [7, 11) is -5.14. The molecule has 1 fully saturated rings. The minimum absolute atomic E-state index is 0.254. The average molecular weight is 834 g/mol. The van der Waals surface area contributed by atoms with Gasteiger partial charge in [-0.15, -0.1) is 0 Å². The molecule has 1 amide bonds. The highest BCUT2D eigenvalue weighted by atomic mass is 31.2. The van der Waals surface area contributed by atoms with Crippen LogP contribution in [-0.2, 0) is 18.4 Å². The van der Waals surface area contributed by atoms with Crippen molar-refractivity contribution in [3.05, 3.63) is 36.5 Å². The molecule has 0 spiro atoms. The van der Waals surface area contributed by atoms with E-state index >= 15 is 0 Å². The first-order chi connectivity index (χ1) is 27.3. The first-order valence-electron chi connectivity index (χ1n) is 22.0. The maximum Gasteiger partial charge on any atom is 0.472 e. The van der Waals surface area contributed by atoms with Crippen molar-refractivity contribution < 1.29 is 59.0 Å². The number of rotatable bonds is 35. The van der Waals surface area contributed by atoms with E-state index in [9.17, 15) is 50.0 Å². The Morgan fingerprint density at radius 2 is 1.04 bits per heavy atom. The van der Waals surface area contributed by atoms with Crippen molar-refractivity contribution in [2.75, 3.05) is 6.61 Å². The van der Waals surface area contributed by atoms with E-state index in [2.05, 4.69) is 37.4 Å². The Bertz CT molecular complexity index is 1120. The van der Waals surface area contributed by atoms with E-state index in [1.807, 2.05) is 6.08 Å². The van der Waals surface area contributed by atoms with E-state index < -0.39 is 75.2 Å². The molecule has 8 atom stereocenters. The van der Waals surface area contributed by atoms with E-state index in [0.29, 0.717) is 19.3 Å². The third-order valence-corrected chi connectivity index (χ3v) is 11.4. The number of unbranched alkanes of at least 4 members (excludes halogenated alkanes) is 18. The fourth-order valence-corrected chi connectivity index (χ4v) is 7.78. The smallest absolute Gasteiger partial charge is 0.393 e. The summed E-state index contributed by atoms with van der Waals surface area (Å²) in [5, 5.41) is 74.2. The number of carbonyl (C=O) groups is 1. The quantitative estimate of drug-likeness (QED) is 0.0187. The first-order valence-corrected chi connectivity index (χ1v) is 23.5. The van der Waals surface area contributed by atoms with Crippen LogP contribution in [0.25, 0.3) is 0 Å². The van der Waals surface area contributed by atoms with Crippen LogP contribution in [0.1, 0.15) is 168 Å². The van der Waals surface area contributed by atoms with Gasteiger partial charge in [0.2, 0.25) is 5.91 Å². The normalized spacial score (nSPS) is 24.3. The van der Waals surface area contributed by atoms with Crippen molar-refractivity contribution in [3.63, 3.8) is 0 Å². The van der Waals surface area contributed by atoms with Gasteiger partial charge in [-0.3, -0.25) is 13.8 Å². The predicted molar refractivity (Wildman–Crippen MR) is 224 cm³/mol. The zero-order valence-electron chi connectivity index (χ0n) is 35.0. The van der Waals surface area contributed by atoms with Crippen molar-refractivity contribution in [3.8, 4) is 0 Å². The van der Waals surface area contributed by atoms with Crippen molar-refractivity contribution in [2.45, 2.75) is 223 Å². The van der Waals surface area contributed by atoms with Crippen molar-refractivity contribution in [1.29, 1.82) is 0 Å². The van der Waals surface area contributed by atoms with Gasteiger partial charge in [-0.05, 0) is 38.5 Å². The van der Waals surface area contributed by atoms with Crippen molar-refractivity contribution >= 4 is 13.7 Å². The number of aliphatic hydroxyl groups is 7. The molecule has 0 heterocycles. The minimum Gasteiger partial charge on any atom is -0.393 e. The molecule has 334 valence electrons. The van der Waals surface area contributed by atoms with E-state index in [-0.39, 0.29) is 6.42 Å². The summed E-state index contributed by atoms with van der Waals surface area (Å²) in [5.74, 6) is -0.608. The zero-order chi connectivity index (χ0) is 42.3. The topological polar surface area (TPSA) is 226 Å². The monoisotopic (exact) mass is 834 g/mol. The van der Waals surface area contributed by atoms with Gasteiger partial charge in [0.15, 0.2) is 0 Å². The van der Waals surface area contributed by atoms with Gasteiger partial charge in [0, 0.05) is 0 Å². The second kappa shape index (κ2) is 33.3. The number of amides is 1. The molecular weight excluding hydrogens is 753 g/mol. The molecule has 1 saturated carbocycles. The molecule has 1 aliphatic carbocycles. The van der Waals surface area contributed by atoms with Crippen LogP contribution in [0.2, 0.25) is 0 Å². The lowest BCUT2D eigenvalue weighted by atomic mass is 9.85. The summed E-state index contributed by atoms with van der Waals surface area (Å²) >= 11 is 0. The Hall–Kier alpha value is -1.48. The van der Waals surface area contributed by atoms with Gasteiger partial charge in [0.25, 0.3) is 0 Å². The molecular formula is C43H80NO12P. The lowest BCUT2D eigenvalue weighted by Crippen LogP contribution is -2.64. The summed E-state index contributed by atoms with van der Waals surface area (Å²) in [6.45, 7) is 3.63. The molecule has 13 nitrogen and oxygen atoms in total. The highest BCUT2D eigenvalue weighted by Crippen LogP contribution is 2.47. The minimum atomic E-state index is -5.14. The Kier molecular flexibility index (Phi) is 31.2. The fraction of sp³-hybridized carbons (Fsp3) is 0.837. The zero-order valence-corrected chi connectivity index (χ0v) is 35.9. The average Bonchev–Trinajstić information content (AvgIpc) is 3.18. The second-order valence-corrected chi connectivity index (χ2v) is 17.1. The number of nitrogens with one attached hydrogen (secondary N) is 1. The number of allylic oxidation sites excluding steroid dienone is 5. The van der Waals surface area contributed by atoms with Gasteiger partial charge in [0.1, 0.15) is 36.6 Å². The molecule has 0 bridgehead atoms. The van der Waals surface area contributed by atoms with Gasteiger partial charge in [-0.1, -0.05) is 159 Å². The SMILES string of the molecule is CCC/C=C/CC/C=C/CC/C=C/C(O)C(COP(=O)(O)OC1C(O)C(O)C(O)C(O)C1O)NC(=O)CC(O)CCCCCCCCCCCCCCCCCC. The fourth-order valence-electron chi connectivity index (χ4n) is 6.81. The number of hydrogen-bond donors (Lipinski definition) is 9. The molecule has 0 saturated heterocycles. The Labute approximate surface area is 343 Å². The molecule has 0 aliphatic heterocycles. The number of phosphoric acid groups is 1. The Morgan fingerprint density at radius 3 is 1.51 bits per heavy atom. The van der Waals surface area contributed by atoms with E-state index in [1.54, 1.807) is 6.08 Å². The molecule has 8 unspecified atom stereocenters.